The summed E-state index contributed by atoms with van der Waals surface area (Å²) in [5.74, 6) is -0.544. The first-order valence-corrected chi connectivity index (χ1v) is 11.5. The molecule has 2 amide bonds. The van der Waals surface area contributed by atoms with Gasteiger partial charge in [-0.3, -0.25) is 14.6 Å². The van der Waals surface area contributed by atoms with Crippen molar-refractivity contribution in [2.24, 2.45) is 5.10 Å². The van der Waals surface area contributed by atoms with Crippen molar-refractivity contribution in [1.29, 1.82) is 0 Å². The van der Waals surface area contributed by atoms with Crippen molar-refractivity contribution >= 4 is 45.5 Å². The second-order valence-corrected chi connectivity index (χ2v) is 8.20. The largest absolute Gasteiger partial charge is 0.481 e. The molecule has 37 heavy (non-hydrogen) atoms. The molecule has 5 rings (SSSR count). The van der Waals surface area contributed by atoms with Crippen LogP contribution in [0.3, 0.4) is 0 Å². The van der Waals surface area contributed by atoms with Crippen LogP contribution in [0, 0.1) is 5.82 Å². The second-order valence-electron chi connectivity index (χ2n) is 8.20. The van der Waals surface area contributed by atoms with E-state index in [4.69, 9.17) is 4.74 Å². The molecular weight excluding hydrogens is 473 g/mol. The lowest BCUT2D eigenvalue weighted by atomic mass is 10.2. The lowest BCUT2D eigenvalue weighted by Crippen LogP contribution is -2.24. The Bertz CT molecular complexity index is 1610. The number of anilines is 1. The fourth-order valence-electron chi connectivity index (χ4n) is 3.94. The zero-order valence-corrected chi connectivity index (χ0v) is 19.6. The number of nitrogens with one attached hydrogen (secondary N) is 2. The van der Waals surface area contributed by atoms with Gasteiger partial charge in [0, 0.05) is 39.9 Å². The van der Waals surface area contributed by atoms with Crippen LogP contribution in [0.4, 0.5) is 10.1 Å². The third kappa shape index (κ3) is 5.62. The molecule has 9 heteroatoms. The number of pyridine rings is 1. The van der Waals surface area contributed by atoms with Crippen LogP contribution in [-0.4, -0.2) is 34.2 Å². The van der Waals surface area contributed by atoms with Crippen molar-refractivity contribution in [3.8, 4) is 5.75 Å². The smallest absolute Gasteiger partial charge is 0.277 e. The number of fused-ring (bicyclic) bond motifs is 2. The van der Waals surface area contributed by atoms with Gasteiger partial charge in [0.15, 0.2) is 6.61 Å². The van der Waals surface area contributed by atoms with Crippen LogP contribution in [-0.2, 0) is 16.1 Å². The molecule has 0 unspecified atom stereocenters. The van der Waals surface area contributed by atoms with Gasteiger partial charge in [-0.25, -0.2) is 9.82 Å². The maximum atomic E-state index is 13.1. The number of para-hydroxylation sites is 2. The van der Waals surface area contributed by atoms with E-state index >= 15 is 0 Å². The lowest BCUT2D eigenvalue weighted by molar-refractivity contribution is -0.123. The average molecular weight is 496 g/mol. The van der Waals surface area contributed by atoms with Crippen LogP contribution in [0.1, 0.15) is 5.56 Å². The molecule has 0 aliphatic carbocycles. The van der Waals surface area contributed by atoms with Crippen LogP contribution in [0.15, 0.2) is 96.4 Å². The Morgan fingerprint density at radius 2 is 1.78 bits per heavy atom. The van der Waals surface area contributed by atoms with Crippen LogP contribution in [0.2, 0.25) is 0 Å². The lowest BCUT2D eigenvalue weighted by Gasteiger charge is -2.07. The monoisotopic (exact) mass is 495 g/mol. The SMILES string of the molecule is O=C(COc1cccc2cccnc12)N/N=C/c1cn(CC(=O)Nc2ccc(F)cc2)c2ccccc12. The van der Waals surface area contributed by atoms with Gasteiger partial charge in [0.25, 0.3) is 5.91 Å². The number of carbonyl (C=O) groups excluding carboxylic acids is 2. The minimum atomic E-state index is -0.424. The number of hydrogen-bond donors (Lipinski definition) is 2. The van der Waals surface area contributed by atoms with E-state index in [-0.39, 0.29) is 24.9 Å². The van der Waals surface area contributed by atoms with Gasteiger partial charge in [-0.1, -0.05) is 36.4 Å². The number of hydrogen-bond acceptors (Lipinski definition) is 5. The molecule has 0 atom stereocenters. The molecule has 0 spiro atoms. The predicted molar refractivity (Wildman–Crippen MR) is 140 cm³/mol. The highest BCUT2D eigenvalue weighted by Gasteiger charge is 2.11. The Balaban J connectivity index is 1.23. The maximum absolute atomic E-state index is 13.1. The molecule has 0 saturated carbocycles. The van der Waals surface area contributed by atoms with Gasteiger partial charge in [-0.2, -0.15) is 5.10 Å². The van der Waals surface area contributed by atoms with E-state index in [0.717, 1.165) is 21.9 Å². The van der Waals surface area contributed by atoms with Gasteiger partial charge < -0.3 is 14.6 Å². The summed E-state index contributed by atoms with van der Waals surface area (Å²) in [5, 5.41) is 8.60. The molecule has 2 aromatic heterocycles. The van der Waals surface area contributed by atoms with Crippen LogP contribution in [0.5, 0.6) is 5.75 Å². The number of aromatic nitrogens is 2. The predicted octanol–water partition coefficient (Wildman–Crippen LogP) is 4.50. The van der Waals surface area contributed by atoms with Gasteiger partial charge in [0.05, 0.1) is 6.21 Å². The summed E-state index contributed by atoms with van der Waals surface area (Å²) in [7, 11) is 0. The molecule has 0 saturated heterocycles. The van der Waals surface area contributed by atoms with E-state index in [1.165, 1.54) is 30.5 Å². The van der Waals surface area contributed by atoms with Crippen molar-refractivity contribution in [3.05, 3.63) is 103 Å². The number of hydrazone groups is 1. The number of ether oxygens (including phenoxy) is 1. The van der Waals surface area contributed by atoms with Crippen LogP contribution < -0.4 is 15.5 Å². The van der Waals surface area contributed by atoms with Crippen molar-refractivity contribution in [2.45, 2.75) is 6.54 Å². The quantitative estimate of drug-likeness (QED) is 0.245. The van der Waals surface area contributed by atoms with E-state index in [2.05, 4.69) is 20.8 Å². The molecular formula is C28H22FN5O3. The highest BCUT2D eigenvalue weighted by molar-refractivity contribution is 6.01. The molecule has 0 aliphatic rings. The van der Waals surface area contributed by atoms with E-state index in [0.29, 0.717) is 17.0 Å². The van der Waals surface area contributed by atoms with E-state index in [9.17, 15) is 14.0 Å². The number of benzene rings is 3. The summed E-state index contributed by atoms with van der Waals surface area (Å²) in [6.45, 7) is -0.177. The van der Waals surface area contributed by atoms with Crippen molar-refractivity contribution in [3.63, 3.8) is 0 Å². The Morgan fingerprint density at radius 3 is 2.65 bits per heavy atom. The minimum Gasteiger partial charge on any atom is -0.481 e. The Kier molecular flexibility index (Phi) is 6.84. The highest BCUT2D eigenvalue weighted by atomic mass is 19.1. The van der Waals surface area contributed by atoms with E-state index in [1.807, 2.05) is 48.5 Å². The molecule has 3 aromatic carbocycles. The molecule has 0 fully saturated rings. The topological polar surface area (TPSA) is 97.6 Å². The fourth-order valence-corrected chi connectivity index (χ4v) is 3.94. The van der Waals surface area contributed by atoms with Crippen LogP contribution in [0.25, 0.3) is 21.8 Å². The number of nitrogens with zero attached hydrogens (tertiary/aromatic N) is 3. The summed E-state index contributed by atoms with van der Waals surface area (Å²) < 4.78 is 20.5. The normalized spacial score (nSPS) is 11.2. The zero-order valence-electron chi connectivity index (χ0n) is 19.6. The van der Waals surface area contributed by atoms with Gasteiger partial charge in [0.2, 0.25) is 5.91 Å². The molecule has 2 N–H and O–H groups in total. The molecule has 184 valence electrons. The van der Waals surface area contributed by atoms with Gasteiger partial charge >= 0.3 is 0 Å². The van der Waals surface area contributed by atoms with E-state index in [1.54, 1.807) is 23.0 Å². The molecule has 0 aliphatic heterocycles. The van der Waals surface area contributed by atoms with E-state index < -0.39 is 5.91 Å². The minimum absolute atomic E-state index is 0.0466. The Morgan fingerprint density at radius 1 is 0.973 bits per heavy atom. The molecule has 0 bridgehead atoms. The fraction of sp³-hybridized carbons (Fsp3) is 0.0714. The van der Waals surface area contributed by atoms with Gasteiger partial charge in [-0.05, 0) is 42.5 Å². The van der Waals surface area contributed by atoms with Crippen LogP contribution >= 0.6 is 0 Å². The first-order valence-electron chi connectivity index (χ1n) is 11.5. The molecule has 2 heterocycles. The second kappa shape index (κ2) is 10.7. The number of rotatable bonds is 8. The first kappa shape index (κ1) is 23.7. The maximum Gasteiger partial charge on any atom is 0.277 e. The Labute approximate surface area is 211 Å². The molecule has 8 nitrogen and oxygen atoms in total. The highest BCUT2D eigenvalue weighted by Crippen LogP contribution is 2.23. The molecule has 5 aromatic rings. The summed E-state index contributed by atoms with van der Waals surface area (Å²) in [4.78, 5) is 29.2. The standard InChI is InChI=1S/C28H22FN5O3/c29-21-10-12-22(13-11-21)32-26(35)17-34-16-20(23-7-1-2-8-24(23)34)15-31-33-27(36)18-37-25-9-3-5-19-6-4-14-30-28(19)25/h1-16H,17-18H2,(H,32,35)(H,33,36)/b31-15+. The van der Waals surface area contributed by atoms with Crippen molar-refractivity contribution in [1.82, 2.24) is 15.0 Å². The third-order valence-electron chi connectivity index (χ3n) is 5.61. The number of carbonyl (C=O) groups is 2. The Hall–Kier alpha value is -5.05. The zero-order chi connectivity index (χ0) is 25.6. The average Bonchev–Trinajstić information content (AvgIpc) is 3.26. The summed E-state index contributed by atoms with van der Waals surface area (Å²) >= 11 is 0. The first-order chi connectivity index (χ1) is 18.1. The van der Waals surface area contributed by atoms with Crippen molar-refractivity contribution < 1.29 is 18.7 Å². The molecule has 0 radical (unpaired) electrons. The third-order valence-corrected chi connectivity index (χ3v) is 5.61. The van der Waals surface area contributed by atoms with Gasteiger partial charge in [0.1, 0.15) is 23.6 Å². The number of halogens is 1. The number of amides is 2. The van der Waals surface area contributed by atoms with Gasteiger partial charge in [-0.15, -0.1) is 0 Å². The van der Waals surface area contributed by atoms with Crippen molar-refractivity contribution in [2.75, 3.05) is 11.9 Å². The summed E-state index contributed by atoms with van der Waals surface area (Å²) in [5.41, 5.74) is 5.21. The summed E-state index contributed by atoms with van der Waals surface area (Å²) in [6.07, 6.45) is 4.97. The summed E-state index contributed by atoms with van der Waals surface area (Å²) in [6, 6.07) is 22.4.